The molecule has 0 aromatic rings. The van der Waals surface area contributed by atoms with Crippen molar-refractivity contribution in [3.05, 3.63) is 25.3 Å². The minimum atomic E-state index is 0.417. The van der Waals surface area contributed by atoms with Crippen molar-refractivity contribution in [2.75, 3.05) is 19.6 Å². The Morgan fingerprint density at radius 3 is 1.85 bits per heavy atom. The van der Waals surface area contributed by atoms with Gasteiger partial charge in [-0.1, -0.05) is 32.9 Å². The van der Waals surface area contributed by atoms with E-state index in [0.717, 1.165) is 19.6 Å². The lowest BCUT2D eigenvalue weighted by atomic mass is 9.92. The molecule has 0 atom stereocenters. The maximum atomic E-state index is 3.75. The Labute approximate surface area is 83.1 Å². The number of hydrogen-bond acceptors (Lipinski definition) is 1. The molecule has 0 aromatic heterocycles. The van der Waals surface area contributed by atoms with Crippen LogP contribution in [0.5, 0.6) is 0 Å². The first-order valence-electron chi connectivity index (χ1n) is 4.94. The molecule has 0 unspecified atom stereocenters. The lowest BCUT2D eigenvalue weighted by Crippen LogP contribution is -2.27. The van der Waals surface area contributed by atoms with Crippen LogP contribution in [0.1, 0.15) is 27.2 Å². The van der Waals surface area contributed by atoms with Crippen molar-refractivity contribution in [1.29, 1.82) is 0 Å². The summed E-state index contributed by atoms with van der Waals surface area (Å²) >= 11 is 0. The van der Waals surface area contributed by atoms with Gasteiger partial charge in [-0.15, -0.1) is 13.2 Å². The Morgan fingerprint density at radius 2 is 1.54 bits per heavy atom. The van der Waals surface area contributed by atoms with Gasteiger partial charge < -0.3 is 0 Å². The van der Waals surface area contributed by atoms with Crippen molar-refractivity contribution in [2.24, 2.45) is 5.41 Å². The van der Waals surface area contributed by atoms with Crippen LogP contribution in [0, 0.1) is 5.41 Å². The molecule has 76 valence electrons. The minimum absolute atomic E-state index is 0.417. The molecule has 0 saturated heterocycles. The highest BCUT2D eigenvalue weighted by Crippen LogP contribution is 2.18. The van der Waals surface area contributed by atoms with E-state index >= 15 is 0 Å². The first kappa shape index (κ1) is 12.4. The summed E-state index contributed by atoms with van der Waals surface area (Å²) in [5, 5.41) is 0. The third-order valence-electron chi connectivity index (χ3n) is 1.95. The summed E-state index contributed by atoms with van der Waals surface area (Å²) in [6.45, 7) is 17.4. The summed E-state index contributed by atoms with van der Waals surface area (Å²) in [5.41, 5.74) is 0.417. The molecule has 0 bridgehead atoms. The summed E-state index contributed by atoms with van der Waals surface area (Å²) in [6, 6.07) is 0. The Hall–Kier alpha value is -0.560. The van der Waals surface area contributed by atoms with E-state index in [-0.39, 0.29) is 0 Å². The van der Waals surface area contributed by atoms with Gasteiger partial charge in [0, 0.05) is 13.1 Å². The summed E-state index contributed by atoms with van der Waals surface area (Å²) in [4.78, 5) is 2.35. The van der Waals surface area contributed by atoms with Gasteiger partial charge in [-0.3, -0.25) is 4.90 Å². The van der Waals surface area contributed by atoms with Crippen LogP contribution < -0.4 is 0 Å². The average molecular weight is 181 g/mol. The molecule has 0 N–H and O–H groups in total. The van der Waals surface area contributed by atoms with Crippen LogP contribution >= 0.6 is 0 Å². The van der Waals surface area contributed by atoms with E-state index in [1.165, 1.54) is 6.42 Å². The van der Waals surface area contributed by atoms with Crippen LogP contribution in [0.25, 0.3) is 0 Å². The Morgan fingerprint density at radius 1 is 1.08 bits per heavy atom. The highest BCUT2D eigenvalue weighted by Gasteiger charge is 2.11. The second kappa shape index (κ2) is 5.98. The van der Waals surface area contributed by atoms with Crippen LogP contribution in [0.15, 0.2) is 25.3 Å². The van der Waals surface area contributed by atoms with E-state index in [4.69, 9.17) is 0 Å². The fourth-order valence-electron chi connectivity index (χ4n) is 1.12. The van der Waals surface area contributed by atoms with Gasteiger partial charge in [-0.05, 0) is 18.4 Å². The van der Waals surface area contributed by atoms with Gasteiger partial charge in [0.1, 0.15) is 0 Å². The van der Waals surface area contributed by atoms with E-state index in [9.17, 15) is 0 Å². The smallest absolute Gasteiger partial charge is 0.0163 e. The lowest BCUT2D eigenvalue weighted by Gasteiger charge is -2.24. The molecule has 0 saturated carbocycles. The molecule has 0 aromatic carbocycles. The van der Waals surface area contributed by atoms with Gasteiger partial charge in [-0.25, -0.2) is 0 Å². The number of nitrogens with zero attached hydrogens (tertiary/aromatic N) is 1. The average Bonchev–Trinajstić information content (AvgIpc) is 2.00. The quantitative estimate of drug-likeness (QED) is 0.569. The highest BCUT2D eigenvalue weighted by atomic mass is 15.1. The fraction of sp³-hybridized carbons (Fsp3) is 0.667. The molecule has 0 aliphatic carbocycles. The van der Waals surface area contributed by atoms with Gasteiger partial charge in [0.05, 0.1) is 0 Å². The summed E-state index contributed by atoms with van der Waals surface area (Å²) in [6.07, 6.45) is 5.12. The monoisotopic (exact) mass is 181 g/mol. The van der Waals surface area contributed by atoms with Crippen molar-refractivity contribution in [3.8, 4) is 0 Å². The Balaban J connectivity index is 3.80. The summed E-state index contributed by atoms with van der Waals surface area (Å²) in [7, 11) is 0. The SMILES string of the molecule is C=CCN(CC=C)CCC(C)(C)C. The topological polar surface area (TPSA) is 3.24 Å². The molecule has 0 aliphatic rings. The molecule has 0 radical (unpaired) electrons. The molecule has 0 aliphatic heterocycles. The maximum Gasteiger partial charge on any atom is 0.0163 e. The summed E-state index contributed by atoms with van der Waals surface area (Å²) < 4.78 is 0. The largest absolute Gasteiger partial charge is 0.296 e. The zero-order valence-corrected chi connectivity index (χ0v) is 9.34. The van der Waals surface area contributed by atoms with Crippen LogP contribution in [0.4, 0.5) is 0 Å². The molecule has 0 heterocycles. The van der Waals surface area contributed by atoms with Gasteiger partial charge in [-0.2, -0.15) is 0 Å². The summed E-state index contributed by atoms with van der Waals surface area (Å²) in [5.74, 6) is 0. The van der Waals surface area contributed by atoms with Crippen molar-refractivity contribution < 1.29 is 0 Å². The first-order chi connectivity index (χ1) is 5.99. The third kappa shape index (κ3) is 7.79. The highest BCUT2D eigenvalue weighted by molar-refractivity contribution is 4.80. The fourth-order valence-corrected chi connectivity index (χ4v) is 1.12. The van der Waals surface area contributed by atoms with E-state index in [0.29, 0.717) is 5.41 Å². The minimum Gasteiger partial charge on any atom is -0.296 e. The van der Waals surface area contributed by atoms with Gasteiger partial charge >= 0.3 is 0 Å². The van der Waals surface area contributed by atoms with E-state index in [1.807, 2.05) is 12.2 Å². The lowest BCUT2D eigenvalue weighted by molar-refractivity contribution is 0.263. The molecule has 1 heteroatoms. The van der Waals surface area contributed by atoms with Gasteiger partial charge in [0.15, 0.2) is 0 Å². The van der Waals surface area contributed by atoms with Crippen molar-refractivity contribution >= 4 is 0 Å². The second-order valence-corrected chi connectivity index (χ2v) is 4.65. The van der Waals surface area contributed by atoms with Crippen LogP contribution in [0.3, 0.4) is 0 Å². The molecule has 0 rings (SSSR count). The van der Waals surface area contributed by atoms with Crippen LogP contribution in [-0.4, -0.2) is 24.5 Å². The standard InChI is InChI=1S/C12H23N/c1-6-9-13(10-7-2)11-8-12(3,4)5/h6-7H,1-2,8-11H2,3-5H3. The number of rotatable bonds is 6. The number of hydrogen-bond donors (Lipinski definition) is 0. The Bertz CT molecular complexity index is 143. The second-order valence-electron chi connectivity index (χ2n) is 4.65. The maximum absolute atomic E-state index is 3.75. The zero-order chi connectivity index (χ0) is 10.3. The molecule has 0 spiro atoms. The van der Waals surface area contributed by atoms with Crippen LogP contribution in [-0.2, 0) is 0 Å². The van der Waals surface area contributed by atoms with Crippen molar-refractivity contribution in [1.82, 2.24) is 4.90 Å². The molecule has 0 fully saturated rings. The van der Waals surface area contributed by atoms with Crippen molar-refractivity contribution in [2.45, 2.75) is 27.2 Å². The van der Waals surface area contributed by atoms with E-state index in [2.05, 4.69) is 38.8 Å². The van der Waals surface area contributed by atoms with E-state index < -0.39 is 0 Å². The van der Waals surface area contributed by atoms with Gasteiger partial charge in [0.25, 0.3) is 0 Å². The third-order valence-corrected chi connectivity index (χ3v) is 1.95. The van der Waals surface area contributed by atoms with Crippen LogP contribution in [0.2, 0.25) is 0 Å². The zero-order valence-electron chi connectivity index (χ0n) is 9.34. The first-order valence-corrected chi connectivity index (χ1v) is 4.94. The molecule has 1 nitrogen and oxygen atoms in total. The van der Waals surface area contributed by atoms with E-state index in [1.54, 1.807) is 0 Å². The molecule has 0 amide bonds. The predicted molar refractivity (Wildman–Crippen MR) is 60.9 cm³/mol. The molecular formula is C12H23N. The normalized spacial score (nSPS) is 11.7. The van der Waals surface area contributed by atoms with Crippen molar-refractivity contribution in [3.63, 3.8) is 0 Å². The Kier molecular flexibility index (Phi) is 5.72. The molecular weight excluding hydrogens is 158 g/mol. The van der Waals surface area contributed by atoms with Gasteiger partial charge in [0.2, 0.25) is 0 Å². The molecule has 13 heavy (non-hydrogen) atoms. The predicted octanol–water partition coefficient (Wildman–Crippen LogP) is 3.10.